The van der Waals surface area contributed by atoms with Gasteiger partial charge in [0.15, 0.2) is 0 Å². The second-order valence-corrected chi connectivity index (χ2v) is 11.4. The highest BCUT2D eigenvalue weighted by molar-refractivity contribution is 6.13. The van der Waals surface area contributed by atoms with Crippen molar-refractivity contribution in [2.75, 3.05) is 0 Å². The van der Waals surface area contributed by atoms with E-state index >= 15 is 0 Å². The molecule has 2 atom stereocenters. The van der Waals surface area contributed by atoms with E-state index in [1.54, 1.807) is 30.6 Å². The Kier molecular flexibility index (Phi) is 7.68. The lowest BCUT2D eigenvalue weighted by Gasteiger charge is -2.30. The van der Waals surface area contributed by atoms with Gasteiger partial charge in [-0.05, 0) is 54.4 Å². The highest BCUT2D eigenvalue weighted by atomic mass is 16.3. The van der Waals surface area contributed by atoms with Crippen LogP contribution in [-0.2, 0) is 20.8 Å². The average Bonchev–Trinajstić information content (AvgIpc) is 3.62. The first kappa shape index (κ1) is 29.4. The molecule has 4 heterocycles. The molecule has 2 aliphatic heterocycles. The molecule has 9 heteroatoms. The van der Waals surface area contributed by atoms with Crippen LogP contribution in [0.15, 0.2) is 108 Å². The number of amides is 4. The molecule has 2 unspecified atom stereocenters. The van der Waals surface area contributed by atoms with Crippen LogP contribution < -0.4 is 10.6 Å². The summed E-state index contributed by atoms with van der Waals surface area (Å²) < 4.78 is 6.09. The van der Waals surface area contributed by atoms with Crippen LogP contribution in [0.25, 0.3) is 16.7 Å². The number of furan rings is 1. The molecular weight excluding hydrogens is 592 g/mol. The summed E-state index contributed by atoms with van der Waals surface area (Å²) in [4.78, 5) is 56.3. The van der Waals surface area contributed by atoms with Gasteiger partial charge >= 0.3 is 0 Å². The molecule has 0 radical (unpaired) electrons. The van der Waals surface area contributed by atoms with Gasteiger partial charge in [-0.15, -0.1) is 0 Å². The maximum absolute atomic E-state index is 13.3. The molecule has 2 aliphatic rings. The van der Waals surface area contributed by atoms with Crippen molar-refractivity contribution < 1.29 is 23.6 Å². The molecule has 9 nitrogen and oxygen atoms in total. The number of rotatable bonds is 6. The SMILES string of the molecule is C=C1c2c(C#Cc3ccc(CC(=O)NC(c4cccnc4)c4cc5ccccc5o4)cc3)cccc2C(=O)N1C1CCC(=O)NC1=O. The molecular formula is C38H28N4O5. The number of hydrogen-bond acceptors (Lipinski definition) is 6. The van der Waals surface area contributed by atoms with E-state index in [9.17, 15) is 19.2 Å². The summed E-state index contributed by atoms with van der Waals surface area (Å²) in [7, 11) is 0. The maximum Gasteiger partial charge on any atom is 0.259 e. The van der Waals surface area contributed by atoms with Crippen LogP contribution in [0.4, 0.5) is 0 Å². The molecule has 2 N–H and O–H groups in total. The molecule has 1 saturated heterocycles. The van der Waals surface area contributed by atoms with Crippen LogP contribution in [0.3, 0.4) is 0 Å². The van der Waals surface area contributed by atoms with Crippen molar-refractivity contribution >= 4 is 40.3 Å². The number of fused-ring (bicyclic) bond motifs is 2. The Hall–Kier alpha value is -6.27. The molecule has 0 aliphatic carbocycles. The van der Waals surface area contributed by atoms with Gasteiger partial charge in [0.1, 0.15) is 23.4 Å². The number of nitrogens with one attached hydrogen (secondary N) is 2. The fraction of sp³-hybridized carbons (Fsp3) is 0.132. The first-order valence-corrected chi connectivity index (χ1v) is 15.1. The molecule has 2 aromatic heterocycles. The first-order chi connectivity index (χ1) is 22.9. The van der Waals surface area contributed by atoms with E-state index in [1.807, 2.05) is 66.7 Å². The second-order valence-electron chi connectivity index (χ2n) is 11.4. The third-order valence-corrected chi connectivity index (χ3v) is 8.33. The van der Waals surface area contributed by atoms with Gasteiger partial charge in [0.25, 0.3) is 5.91 Å². The van der Waals surface area contributed by atoms with Crippen molar-refractivity contribution in [3.05, 3.63) is 143 Å². The number of carbonyl (C=O) groups is 4. The largest absolute Gasteiger partial charge is 0.459 e. The maximum atomic E-state index is 13.3. The van der Waals surface area contributed by atoms with Gasteiger partial charge in [-0.3, -0.25) is 34.4 Å². The number of benzene rings is 3. The van der Waals surface area contributed by atoms with Crippen molar-refractivity contribution in [2.24, 2.45) is 0 Å². The standard InChI is InChI=1S/C38H28N4O5/c1-23-35-26(7-4-9-29(35)38(46)42(23)30-17-18-33(43)41-37(30)45)16-15-24-11-13-25(14-12-24)20-34(44)40-36(28-8-5-19-39-22-28)32-21-27-6-2-3-10-31(27)47-32/h2-14,19,21-22,30,36H,1,17-18,20H2,(H,40,44)(H,41,43,45). The summed E-state index contributed by atoms with van der Waals surface area (Å²) in [6, 6.07) is 24.7. The Morgan fingerprint density at radius 3 is 2.62 bits per heavy atom. The number of piperidine rings is 1. The quantitative estimate of drug-likeness (QED) is 0.206. The fourth-order valence-corrected chi connectivity index (χ4v) is 6.03. The predicted molar refractivity (Wildman–Crippen MR) is 174 cm³/mol. The Labute approximate surface area is 270 Å². The van der Waals surface area contributed by atoms with Gasteiger partial charge in [0.2, 0.25) is 17.7 Å². The van der Waals surface area contributed by atoms with Gasteiger partial charge in [-0.2, -0.15) is 0 Å². The van der Waals surface area contributed by atoms with Gasteiger partial charge in [-0.1, -0.05) is 60.9 Å². The molecule has 3 aromatic carbocycles. The Bertz CT molecular complexity index is 2110. The lowest BCUT2D eigenvalue weighted by atomic mass is 10.0. The van der Waals surface area contributed by atoms with Gasteiger partial charge < -0.3 is 9.73 Å². The zero-order valence-corrected chi connectivity index (χ0v) is 25.2. The molecule has 1 fully saturated rings. The highest BCUT2D eigenvalue weighted by Gasteiger charge is 2.42. The van der Waals surface area contributed by atoms with E-state index in [2.05, 4.69) is 34.0 Å². The molecule has 0 bridgehead atoms. The minimum Gasteiger partial charge on any atom is -0.459 e. The lowest BCUT2D eigenvalue weighted by molar-refractivity contribution is -0.136. The van der Waals surface area contributed by atoms with Crippen LogP contribution in [0.2, 0.25) is 0 Å². The van der Waals surface area contributed by atoms with Crippen molar-refractivity contribution in [2.45, 2.75) is 31.3 Å². The average molecular weight is 621 g/mol. The monoisotopic (exact) mass is 620 g/mol. The van der Waals surface area contributed by atoms with Gasteiger partial charge in [0.05, 0.1) is 12.0 Å². The van der Waals surface area contributed by atoms with E-state index in [1.165, 1.54) is 4.90 Å². The van der Waals surface area contributed by atoms with Crippen LogP contribution in [0.1, 0.15) is 62.8 Å². The number of imide groups is 1. The van der Waals surface area contributed by atoms with Crippen LogP contribution in [0, 0.1) is 11.8 Å². The van der Waals surface area contributed by atoms with Crippen molar-refractivity contribution in [1.82, 2.24) is 20.5 Å². The molecule has 7 rings (SSSR count). The van der Waals surface area contributed by atoms with Crippen LogP contribution >= 0.6 is 0 Å². The Balaban J connectivity index is 1.06. The number of pyridine rings is 1. The summed E-state index contributed by atoms with van der Waals surface area (Å²) in [6.45, 7) is 4.11. The van der Waals surface area contributed by atoms with Crippen LogP contribution in [-0.4, -0.2) is 39.6 Å². The zero-order chi connectivity index (χ0) is 32.5. The van der Waals surface area contributed by atoms with Crippen molar-refractivity contribution in [3.8, 4) is 11.8 Å². The minimum absolute atomic E-state index is 0.148. The topological polar surface area (TPSA) is 122 Å². The van der Waals surface area contributed by atoms with Gasteiger partial charge in [0, 0.05) is 52.2 Å². The van der Waals surface area contributed by atoms with E-state index in [0.717, 1.165) is 27.7 Å². The number of aromatic nitrogens is 1. The normalized spacial score (nSPS) is 16.3. The summed E-state index contributed by atoms with van der Waals surface area (Å²) in [5.41, 5.74) is 5.06. The third kappa shape index (κ3) is 5.80. The lowest BCUT2D eigenvalue weighted by Crippen LogP contribution is -2.52. The summed E-state index contributed by atoms with van der Waals surface area (Å²) in [5, 5.41) is 6.36. The predicted octanol–water partition coefficient (Wildman–Crippen LogP) is 4.91. The van der Waals surface area contributed by atoms with Gasteiger partial charge in [-0.25, -0.2) is 0 Å². The molecule has 0 saturated carbocycles. The Morgan fingerprint density at radius 2 is 1.85 bits per heavy atom. The molecule has 230 valence electrons. The fourth-order valence-electron chi connectivity index (χ4n) is 6.03. The molecule has 47 heavy (non-hydrogen) atoms. The van der Waals surface area contributed by atoms with Crippen molar-refractivity contribution in [1.29, 1.82) is 0 Å². The first-order valence-electron chi connectivity index (χ1n) is 15.1. The van der Waals surface area contributed by atoms with Crippen LogP contribution in [0.5, 0.6) is 0 Å². The number of para-hydroxylation sites is 1. The minimum atomic E-state index is -0.802. The number of nitrogens with zero attached hydrogens (tertiary/aromatic N) is 2. The highest BCUT2D eigenvalue weighted by Crippen LogP contribution is 2.37. The molecule has 0 spiro atoms. The zero-order valence-electron chi connectivity index (χ0n) is 25.2. The third-order valence-electron chi connectivity index (χ3n) is 8.33. The van der Waals surface area contributed by atoms with E-state index < -0.39 is 18.0 Å². The molecule has 5 aromatic rings. The summed E-state index contributed by atoms with van der Waals surface area (Å²) in [6.07, 6.45) is 3.93. The second kappa shape index (κ2) is 12.3. The number of hydrogen-bond donors (Lipinski definition) is 2. The molecule has 4 amide bonds. The summed E-state index contributed by atoms with van der Waals surface area (Å²) >= 11 is 0. The Morgan fingerprint density at radius 1 is 1.02 bits per heavy atom. The van der Waals surface area contributed by atoms with E-state index in [-0.39, 0.29) is 37.0 Å². The summed E-state index contributed by atoms with van der Waals surface area (Å²) in [5.74, 6) is 5.53. The van der Waals surface area contributed by atoms with E-state index in [4.69, 9.17) is 4.42 Å². The smallest absolute Gasteiger partial charge is 0.259 e. The van der Waals surface area contributed by atoms with Crippen molar-refractivity contribution in [3.63, 3.8) is 0 Å². The van der Waals surface area contributed by atoms with E-state index in [0.29, 0.717) is 28.1 Å². The number of carbonyl (C=O) groups excluding carboxylic acids is 4.